The quantitative estimate of drug-likeness (QED) is 0.926. The third-order valence-electron chi connectivity index (χ3n) is 3.62. The van der Waals surface area contributed by atoms with Gasteiger partial charge in [0, 0.05) is 12.1 Å². The number of para-hydroxylation sites is 1. The van der Waals surface area contributed by atoms with E-state index in [9.17, 15) is 9.18 Å². The van der Waals surface area contributed by atoms with Crippen LogP contribution in [0.25, 0.3) is 0 Å². The summed E-state index contributed by atoms with van der Waals surface area (Å²) in [6, 6.07) is 11.8. The molecule has 0 aliphatic carbocycles. The van der Waals surface area contributed by atoms with Crippen LogP contribution >= 0.6 is 11.6 Å². The van der Waals surface area contributed by atoms with Crippen molar-refractivity contribution in [1.82, 2.24) is 0 Å². The number of nitrogens with one attached hydrogen (secondary N) is 1. The minimum atomic E-state index is -0.805. The Morgan fingerprint density at radius 2 is 2.09 bits per heavy atom. The molecule has 2 aromatic rings. The van der Waals surface area contributed by atoms with Crippen LogP contribution in [0.15, 0.2) is 47.6 Å². The number of halogens is 2. The van der Waals surface area contributed by atoms with Crippen molar-refractivity contribution >= 4 is 28.9 Å². The van der Waals surface area contributed by atoms with Gasteiger partial charge >= 0.3 is 0 Å². The maximum atomic E-state index is 13.9. The van der Waals surface area contributed by atoms with Gasteiger partial charge in [0.2, 0.25) is 6.10 Å². The van der Waals surface area contributed by atoms with Crippen LogP contribution in [0.4, 0.5) is 10.1 Å². The van der Waals surface area contributed by atoms with E-state index in [1.54, 1.807) is 12.1 Å². The third-order valence-corrected chi connectivity index (χ3v) is 3.93. The molecule has 2 aromatic carbocycles. The second-order valence-electron chi connectivity index (χ2n) is 5.24. The SMILES string of the molecule is Cc1ccccc1NC(=O)C1CC(c2c(F)cccc2Cl)=NO1. The molecule has 118 valence electrons. The first-order valence-electron chi connectivity index (χ1n) is 7.10. The molecule has 3 rings (SSSR count). The minimum absolute atomic E-state index is 0.165. The molecule has 1 aliphatic heterocycles. The highest BCUT2D eigenvalue weighted by molar-refractivity contribution is 6.34. The van der Waals surface area contributed by atoms with Gasteiger partial charge in [-0.05, 0) is 30.7 Å². The molecule has 1 heterocycles. The van der Waals surface area contributed by atoms with Gasteiger partial charge in [-0.3, -0.25) is 4.79 Å². The van der Waals surface area contributed by atoms with Crippen LogP contribution in [0.2, 0.25) is 5.02 Å². The molecule has 1 N–H and O–H groups in total. The van der Waals surface area contributed by atoms with Gasteiger partial charge in [-0.1, -0.05) is 41.0 Å². The molecule has 6 heteroatoms. The van der Waals surface area contributed by atoms with Gasteiger partial charge in [-0.15, -0.1) is 0 Å². The largest absolute Gasteiger partial charge is 0.382 e. The fourth-order valence-corrected chi connectivity index (χ4v) is 2.64. The number of carbonyl (C=O) groups excluding carboxylic acids is 1. The Bertz CT molecular complexity index is 772. The van der Waals surface area contributed by atoms with Crippen LogP contribution in [0.3, 0.4) is 0 Å². The maximum absolute atomic E-state index is 13.9. The second-order valence-corrected chi connectivity index (χ2v) is 5.64. The molecule has 0 saturated heterocycles. The summed E-state index contributed by atoms with van der Waals surface area (Å²) in [7, 11) is 0. The smallest absolute Gasteiger partial charge is 0.268 e. The normalized spacial score (nSPS) is 16.7. The average Bonchev–Trinajstić information content (AvgIpc) is 2.99. The second kappa shape index (κ2) is 6.38. The van der Waals surface area contributed by atoms with Crippen LogP contribution in [-0.4, -0.2) is 17.7 Å². The monoisotopic (exact) mass is 332 g/mol. The van der Waals surface area contributed by atoms with Gasteiger partial charge in [0.25, 0.3) is 5.91 Å². The molecule has 0 fully saturated rings. The number of anilines is 1. The molecule has 0 saturated carbocycles. The first-order valence-corrected chi connectivity index (χ1v) is 7.47. The lowest BCUT2D eigenvalue weighted by molar-refractivity contribution is -0.125. The van der Waals surface area contributed by atoms with Crippen LogP contribution in [-0.2, 0) is 9.63 Å². The van der Waals surface area contributed by atoms with E-state index in [-0.39, 0.29) is 22.9 Å². The lowest BCUT2D eigenvalue weighted by atomic mass is 10.0. The van der Waals surface area contributed by atoms with E-state index in [0.29, 0.717) is 11.4 Å². The Morgan fingerprint density at radius 3 is 2.83 bits per heavy atom. The van der Waals surface area contributed by atoms with Crippen molar-refractivity contribution in [2.45, 2.75) is 19.4 Å². The Hall–Kier alpha value is -2.40. The van der Waals surface area contributed by atoms with E-state index in [1.807, 2.05) is 25.1 Å². The van der Waals surface area contributed by atoms with E-state index < -0.39 is 11.9 Å². The summed E-state index contributed by atoms with van der Waals surface area (Å²) in [6.45, 7) is 1.90. The van der Waals surface area contributed by atoms with Crippen molar-refractivity contribution in [3.05, 3.63) is 64.4 Å². The molecule has 1 atom stereocenters. The number of rotatable bonds is 3. The Balaban J connectivity index is 1.72. The lowest BCUT2D eigenvalue weighted by Crippen LogP contribution is -2.28. The highest BCUT2D eigenvalue weighted by Crippen LogP contribution is 2.26. The topological polar surface area (TPSA) is 50.7 Å². The molecule has 1 aliphatic rings. The number of nitrogens with zero attached hydrogens (tertiary/aromatic N) is 1. The van der Waals surface area contributed by atoms with Gasteiger partial charge in [0.15, 0.2) is 0 Å². The van der Waals surface area contributed by atoms with Crippen molar-refractivity contribution < 1.29 is 14.0 Å². The molecule has 4 nitrogen and oxygen atoms in total. The van der Waals surface area contributed by atoms with E-state index in [0.717, 1.165) is 5.56 Å². The summed E-state index contributed by atoms with van der Waals surface area (Å²) < 4.78 is 13.9. The van der Waals surface area contributed by atoms with Crippen molar-refractivity contribution in [3.63, 3.8) is 0 Å². The number of hydrogen-bond donors (Lipinski definition) is 1. The lowest BCUT2D eigenvalue weighted by Gasteiger charge is -2.11. The Kier molecular flexibility index (Phi) is 4.30. The molecule has 0 aromatic heterocycles. The molecular formula is C17H14ClFN2O2. The molecule has 0 spiro atoms. The van der Waals surface area contributed by atoms with Gasteiger partial charge in [0.05, 0.1) is 16.3 Å². The minimum Gasteiger partial charge on any atom is -0.382 e. The van der Waals surface area contributed by atoms with E-state index >= 15 is 0 Å². The van der Waals surface area contributed by atoms with Crippen molar-refractivity contribution in [3.8, 4) is 0 Å². The summed E-state index contributed by atoms with van der Waals surface area (Å²) in [4.78, 5) is 17.4. The number of benzene rings is 2. The van der Waals surface area contributed by atoms with Crippen molar-refractivity contribution in [2.24, 2.45) is 5.16 Å². The van der Waals surface area contributed by atoms with E-state index in [2.05, 4.69) is 10.5 Å². The van der Waals surface area contributed by atoms with Gasteiger partial charge in [-0.2, -0.15) is 0 Å². The molecule has 23 heavy (non-hydrogen) atoms. The van der Waals surface area contributed by atoms with E-state index in [4.69, 9.17) is 16.4 Å². The molecule has 0 bridgehead atoms. The predicted octanol–water partition coefficient (Wildman–Crippen LogP) is 3.92. The average molecular weight is 333 g/mol. The summed E-state index contributed by atoms with van der Waals surface area (Å²) in [6.07, 6.45) is -0.640. The zero-order valence-corrected chi connectivity index (χ0v) is 13.1. The van der Waals surface area contributed by atoms with Crippen molar-refractivity contribution in [2.75, 3.05) is 5.32 Å². The predicted molar refractivity (Wildman–Crippen MR) is 87.2 cm³/mol. The number of hydrogen-bond acceptors (Lipinski definition) is 3. The zero-order valence-electron chi connectivity index (χ0n) is 12.3. The van der Waals surface area contributed by atoms with Crippen LogP contribution in [0.5, 0.6) is 0 Å². The number of oxime groups is 1. The van der Waals surface area contributed by atoms with Gasteiger partial charge in [-0.25, -0.2) is 4.39 Å². The number of aryl methyl sites for hydroxylation is 1. The summed E-state index contributed by atoms with van der Waals surface area (Å²) >= 11 is 6.01. The Morgan fingerprint density at radius 1 is 1.30 bits per heavy atom. The van der Waals surface area contributed by atoms with Crippen molar-refractivity contribution in [1.29, 1.82) is 0 Å². The maximum Gasteiger partial charge on any atom is 0.268 e. The van der Waals surface area contributed by atoms with Gasteiger partial charge < -0.3 is 10.2 Å². The molecule has 0 radical (unpaired) electrons. The molecule has 1 unspecified atom stereocenters. The van der Waals surface area contributed by atoms with E-state index in [1.165, 1.54) is 12.1 Å². The summed E-state index contributed by atoms with van der Waals surface area (Å²) in [5, 5.41) is 6.86. The first kappa shape index (κ1) is 15.5. The number of carbonyl (C=O) groups is 1. The zero-order chi connectivity index (χ0) is 16.4. The highest BCUT2D eigenvalue weighted by Gasteiger charge is 2.31. The fourth-order valence-electron chi connectivity index (χ4n) is 2.37. The van der Waals surface area contributed by atoms with Crippen LogP contribution in [0, 0.1) is 12.7 Å². The van der Waals surface area contributed by atoms with Gasteiger partial charge in [0.1, 0.15) is 5.82 Å². The molecular weight excluding hydrogens is 319 g/mol. The van der Waals surface area contributed by atoms with Crippen LogP contribution in [0.1, 0.15) is 17.5 Å². The fraction of sp³-hybridized carbons (Fsp3) is 0.176. The summed E-state index contributed by atoms with van der Waals surface area (Å²) in [5.74, 6) is -0.815. The summed E-state index contributed by atoms with van der Waals surface area (Å²) in [5.41, 5.74) is 2.16. The third kappa shape index (κ3) is 3.19. The van der Waals surface area contributed by atoms with Crippen LogP contribution < -0.4 is 5.32 Å². The number of amides is 1. The standard InChI is InChI=1S/C17H14ClFN2O2/c1-10-5-2-3-8-13(10)20-17(22)15-9-14(21-23-15)16-11(18)6-4-7-12(16)19/h2-8,15H,9H2,1H3,(H,20,22). The molecule has 1 amide bonds. The highest BCUT2D eigenvalue weighted by atomic mass is 35.5. The Labute approximate surface area is 137 Å². The first-order chi connectivity index (χ1) is 11.1.